The van der Waals surface area contributed by atoms with Crippen molar-refractivity contribution in [2.45, 2.75) is 33.2 Å². The molecular formula is C14H21NO3. The zero-order valence-corrected chi connectivity index (χ0v) is 11.7. The Labute approximate surface area is 108 Å². The molecule has 1 amide bonds. The van der Waals surface area contributed by atoms with Gasteiger partial charge in [0.05, 0.1) is 7.11 Å². The molecule has 0 saturated carbocycles. The number of rotatable bonds is 3. The Bertz CT molecular complexity index is 435. The molecule has 0 atom stereocenters. The number of benzene rings is 1. The standard InChI is InChI=1S/C14H21NO3/c1-6-15(14(2,3)4)13(17)12-10(16)8-7-9-11(12)18-5/h7-9,16H,6H2,1-5H3. The molecule has 1 rings (SSSR count). The predicted octanol–water partition coefficient (Wildman–Crippen LogP) is 2.66. The van der Waals surface area contributed by atoms with Crippen LogP contribution >= 0.6 is 0 Å². The molecule has 100 valence electrons. The summed E-state index contributed by atoms with van der Waals surface area (Å²) in [5, 5.41) is 9.88. The van der Waals surface area contributed by atoms with Crippen molar-refractivity contribution in [3.8, 4) is 11.5 Å². The lowest BCUT2D eigenvalue weighted by Gasteiger charge is -2.35. The highest BCUT2D eigenvalue weighted by atomic mass is 16.5. The van der Waals surface area contributed by atoms with E-state index in [1.54, 1.807) is 17.0 Å². The molecule has 0 aromatic heterocycles. The summed E-state index contributed by atoms with van der Waals surface area (Å²) in [5.74, 6) is 0.115. The Morgan fingerprint density at radius 1 is 1.39 bits per heavy atom. The fourth-order valence-corrected chi connectivity index (χ4v) is 1.96. The molecule has 0 bridgehead atoms. The summed E-state index contributed by atoms with van der Waals surface area (Å²) in [6.07, 6.45) is 0. The molecular weight excluding hydrogens is 230 g/mol. The monoisotopic (exact) mass is 251 g/mol. The second kappa shape index (κ2) is 5.29. The van der Waals surface area contributed by atoms with E-state index in [1.807, 2.05) is 27.7 Å². The molecule has 0 unspecified atom stereocenters. The van der Waals surface area contributed by atoms with Crippen molar-refractivity contribution in [3.05, 3.63) is 23.8 Å². The van der Waals surface area contributed by atoms with Crippen LogP contribution in [-0.4, -0.2) is 35.1 Å². The molecule has 0 radical (unpaired) electrons. The van der Waals surface area contributed by atoms with E-state index in [0.717, 1.165) is 0 Å². The number of nitrogens with zero attached hydrogens (tertiary/aromatic N) is 1. The number of carbonyl (C=O) groups excluding carboxylic acids is 1. The molecule has 0 aliphatic carbocycles. The Morgan fingerprint density at radius 2 is 2.00 bits per heavy atom. The van der Waals surface area contributed by atoms with Crippen LogP contribution in [0.2, 0.25) is 0 Å². The average Bonchev–Trinajstić information content (AvgIpc) is 2.27. The third kappa shape index (κ3) is 2.75. The highest BCUT2D eigenvalue weighted by Crippen LogP contribution is 2.30. The first kappa shape index (κ1) is 14.4. The maximum Gasteiger partial charge on any atom is 0.261 e. The summed E-state index contributed by atoms with van der Waals surface area (Å²) in [5.41, 5.74) is -0.0872. The van der Waals surface area contributed by atoms with E-state index in [9.17, 15) is 9.90 Å². The highest BCUT2D eigenvalue weighted by molar-refractivity contribution is 6.00. The van der Waals surface area contributed by atoms with Crippen LogP contribution in [0, 0.1) is 0 Å². The summed E-state index contributed by atoms with van der Waals surface area (Å²) in [4.78, 5) is 14.2. The first-order chi connectivity index (χ1) is 8.32. The van der Waals surface area contributed by atoms with E-state index in [1.165, 1.54) is 13.2 Å². The third-order valence-electron chi connectivity index (χ3n) is 2.81. The molecule has 0 aliphatic rings. The van der Waals surface area contributed by atoms with E-state index in [4.69, 9.17) is 4.74 Å². The van der Waals surface area contributed by atoms with Crippen LogP contribution in [0.25, 0.3) is 0 Å². The number of phenols is 1. The van der Waals surface area contributed by atoms with Crippen molar-refractivity contribution < 1.29 is 14.6 Å². The summed E-state index contributed by atoms with van der Waals surface area (Å²) >= 11 is 0. The van der Waals surface area contributed by atoms with Gasteiger partial charge in [-0.05, 0) is 39.8 Å². The van der Waals surface area contributed by atoms with Gasteiger partial charge in [0.25, 0.3) is 5.91 Å². The number of methoxy groups -OCH3 is 1. The van der Waals surface area contributed by atoms with Gasteiger partial charge in [-0.3, -0.25) is 4.79 Å². The van der Waals surface area contributed by atoms with Crippen LogP contribution in [0.1, 0.15) is 38.1 Å². The minimum atomic E-state index is -0.306. The van der Waals surface area contributed by atoms with Crippen LogP contribution in [-0.2, 0) is 0 Å². The van der Waals surface area contributed by atoms with Gasteiger partial charge in [-0.1, -0.05) is 6.07 Å². The van der Waals surface area contributed by atoms with E-state index in [0.29, 0.717) is 12.3 Å². The smallest absolute Gasteiger partial charge is 0.261 e. The summed E-state index contributed by atoms with van der Waals surface area (Å²) < 4.78 is 5.15. The molecule has 1 aromatic rings. The molecule has 4 nitrogen and oxygen atoms in total. The summed E-state index contributed by atoms with van der Waals surface area (Å²) in [7, 11) is 1.49. The molecule has 4 heteroatoms. The number of hydrogen-bond donors (Lipinski definition) is 1. The van der Waals surface area contributed by atoms with Crippen LogP contribution in [0.15, 0.2) is 18.2 Å². The van der Waals surface area contributed by atoms with E-state index in [-0.39, 0.29) is 22.8 Å². The van der Waals surface area contributed by atoms with Gasteiger partial charge in [0.15, 0.2) is 0 Å². The van der Waals surface area contributed by atoms with Gasteiger partial charge in [-0.2, -0.15) is 0 Å². The lowest BCUT2D eigenvalue weighted by Crippen LogP contribution is -2.45. The zero-order valence-electron chi connectivity index (χ0n) is 11.7. The third-order valence-corrected chi connectivity index (χ3v) is 2.81. The topological polar surface area (TPSA) is 49.8 Å². The van der Waals surface area contributed by atoms with E-state index in [2.05, 4.69) is 0 Å². The fourth-order valence-electron chi connectivity index (χ4n) is 1.96. The first-order valence-electron chi connectivity index (χ1n) is 6.00. The number of phenolic OH excluding ortho intramolecular Hbond substituents is 1. The average molecular weight is 251 g/mol. The fraction of sp³-hybridized carbons (Fsp3) is 0.500. The molecule has 1 aromatic carbocycles. The van der Waals surface area contributed by atoms with Crippen molar-refractivity contribution >= 4 is 5.91 Å². The highest BCUT2D eigenvalue weighted by Gasteiger charge is 2.29. The van der Waals surface area contributed by atoms with Crippen molar-refractivity contribution in [1.82, 2.24) is 4.90 Å². The predicted molar refractivity (Wildman–Crippen MR) is 71.1 cm³/mol. The molecule has 18 heavy (non-hydrogen) atoms. The molecule has 0 saturated heterocycles. The molecule has 1 N–H and O–H groups in total. The van der Waals surface area contributed by atoms with Crippen LogP contribution in [0.4, 0.5) is 0 Å². The molecule has 0 spiro atoms. The van der Waals surface area contributed by atoms with Crippen molar-refractivity contribution in [2.75, 3.05) is 13.7 Å². The zero-order chi connectivity index (χ0) is 13.9. The summed E-state index contributed by atoms with van der Waals surface area (Å²) in [6, 6.07) is 4.81. The molecule has 0 aliphatic heterocycles. The van der Waals surface area contributed by atoms with E-state index >= 15 is 0 Å². The van der Waals surface area contributed by atoms with Gasteiger partial charge in [-0.15, -0.1) is 0 Å². The normalized spacial score (nSPS) is 11.2. The van der Waals surface area contributed by atoms with Gasteiger partial charge in [-0.25, -0.2) is 0 Å². The second-order valence-electron chi connectivity index (χ2n) is 5.07. The Hall–Kier alpha value is -1.71. The first-order valence-corrected chi connectivity index (χ1v) is 6.00. The van der Waals surface area contributed by atoms with Crippen LogP contribution in [0.3, 0.4) is 0 Å². The lowest BCUT2D eigenvalue weighted by molar-refractivity contribution is 0.0592. The maximum atomic E-state index is 12.5. The largest absolute Gasteiger partial charge is 0.507 e. The number of ether oxygens (including phenoxy) is 1. The Balaban J connectivity index is 3.25. The van der Waals surface area contributed by atoms with E-state index < -0.39 is 0 Å². The second-order valence-corrected chi connectivity index (χ2v) is 5.07. The molecule has 0 fully saturated rings. The minimum Gasteiger partial charge on any atom is -0.507 e. The number of aromatic hydroxyl groups is 1. The van der Waals surface area contributed by atoms with Gasteiger partial charge in [0, 0.05) is 12.1 Å². The van der Waals surface area contributed by atoms with Gasteiger partial charge in [0.1, 0.15) is 17.1 Å². The number of amides is 1. The number of hydrogen-bond acceptors (Lipinski definition) is 3. The lowest BCUT2D eigenvalue weighted by atomic mass is 10.0. The SMILES string of the molecule is CCN(C(=O)c1c(O)cccc1OC)C(C)(C)C. The van der Waals surface area contributed by atoms with Crippen molar-refractivity contribution in [2.24, 2.45) is 0 Å². The van der Waals surface area contributed by atoms with Gasteiger partial charge < -0.3 is 14.7 Å². The van der Waals surface area contributed by atoms with Crippen LogP contribution < -0.4 is 4.74 Å². The number of carbonyl (C=O) groups is 1. The van der Waals surface area contributed by atoms with Crippen LogP contribution in [0.5, 0.6) is 11.5 Å². The Kier molecular flexibility index (Phi) is 4.22. The van der Waals surface area contributed by atoms with Crippen molar-refractivity contribution in [3.63, 3.8) is 0 Å². The minimum absolute atomic E-state index is 0.0537. The maximum absolute atomic E-state index is 12.5. The summed E-state index contributed by atoms with van der Waals surface area (Å²) in [6.45, 7) is 8.36. The quantitative estimate of drug-likeness (QED) is 0.898. The molecule has 0 heterocycles. The Morgan fingerprint density at radius 3 is 2.44 bits per heavy atom. The van der Waals surface area contributed by atoms with Gasteiger partial charge in [0.2, 0.25) is 0 Å². The van der Waals surface area contributed by atoms with Crippen molar-refractivity contribution in [1.29, 1.82) is 0 Å². The van der Waals surface area contributed by atoms with Gasteiger partial charge >= 0.3 is 0 Å².